The molecule has 0 aliphatic rings. The fourth-order valence-corrected chi connectivity index (χ4v) is 1.95. The number of halogens is 5. The molecule has 1 heterocycles. The Kier molecular flexibility index (Phi) is 4.28. The van der Waals surface area contributed by atoms with Gasteiger partial charge in [-0.2, -0.15) is 18.2 Å². The van der Waals surface area contributed by atoms with Crippen molar-refractivity contribution in [2.45, 2.75) is 6.18 Å². The Morgan fingerprint density at radius 3 is 2.57 bits per heavy atom. The summed E-state index contributed by atoms with van der Waals surface area (Å²) in [6, 6.07) is 3.38. The molecule has 0 unspecified atom stereocenters. The van der Waals surface area contributed by atoms with E-state index < -0.39 is 17.6 Å². The molecule has 0 saturated carbocycles. The average molecular weight is 366 g/mol. The number of alkyl halides is 3. The summed E-state index contributed by atoms with van der Waals surface area (Å²) in [4.78, 5) is 7.19. The number of anilines is 3. The van der Waals surface area contributed by atoms with E-state index in [0.29, 0.717) is 0 Å². The molecule has 10 heteroatoms. The average Bonchev–Trinajstić information content (AvgIpc) is 2.42. The van der Waals surface area contributed by atoms with Crippen molar-refractivity contribution < 1.29 is 17.6 Å². The van der Waals surface area contributed by atoms with Crippen molar-refractivity contribution in [3.05, 3.63) is 40.2 Å². The summed E-state index contributed by atoms with van der Waals surface area (Å²) >= 11 is 2.81. The number of benzene rings is 1. The van der Waals surface area contributed by atoms with Gasteiger partial charge in [0.25, 0.3) is 0 Å². The second-order valence-electron chi connectivity index (χ2n) is 3.85. The van der Waals surface area contributed by atoms with E-state index >= 15 is 0 Å². The second-order valence-corrected chi connectivity index (χ2v) is 4.71. The summed E-state index contributed by atoms with van der Waals surface area (Å²) in [6.07, 6.45) is -3.70. The zero-order chi connectivity index (χ0) is 15.6. The predicted molar refractivity (Wildman–Crippen MR) is 72.2 cm³/mol. The van der Waals surface area contributed by atoms with Gasteiger partial charge < -0.3 is 5.32 Å². The van der Waals surface area contributed by atoms with Crippen LogP contribution in [-0.2, 0) is 6.18 Å². The van der Waals surface area contributed by atoms with E-state index in [-0.39, 0.29) is 21.9 Å². The maximum Gasteiger partial charge on any atom is 0.417 e. The highest BCUT2D eigenvalue weighted by molar-refractivity contribution is 9.10. The molecule has 2 aromatic rings. The highest BCUT2D eigenvalue weighted by atomic mass is 79.9. The number of aromatic nitrogens is 2. The SMILES string of the molecule is NNc1ncc(F)c(Nc2ccc(Br)c(C(F)(F)F)c2)n1. The lowest BCUT2D eigenvalue weighted by Crippen LogP contribution is -2.12. The summed E-state index contributed by atoms with van der Waals surface area (Å²) in [7, 11) is 0. The van der Waals surface area contributed by atoms with Crippen molar-refractivity contribution in [2.75, 3.05) is 10.7 Å². The molecule has 112 valence electrons. The van der Waals surface area contributed by atoms with Crippen LogP contribution in [0.3, 0.4) is 0 Å². The van der Waals surface area contributed by atoms with E-state index in [4.69, 9.17) is 5.84 Å². The van der Waals surface area contributed by atoms with Crippen LogP contribution in [0.2, 0.25) is 0 Å². The number of nitrogen functional groups attached to an aromatic ring is 1. The first kappa shape index (κ1) is 15.4. The van der Waals surface area contributed by atoms with Crippen molar-refractivity contribution in [3.8, 4) is 0 Å². The van der Waals surface area contributed by atoms with Gasteiger partial charge in [-0.25, -0.2) is 15.2 Å². The number of nitrogens with two attached hydrogens (primary N) is 1. The van der Waals surface area contributed by atoms with Crippen LogP contribution in [0.1, 0.15) is 5.56 Å². The Labute approximate surface area is 124 Å². The van der Waals surface area contributed by atoms with Crippen molar-refractivity contribution in [2.24, 2.45) is 5.84 Å². The molecule has 0 aliphatic heterocycles. The molecule has 0 aliphatic carbocycles. The van der Waals surface area contributed by atoms with E-state index in [1.54, 1.807) is 0 Å². The fourth-order valence-electron chi connectivity index (χ4n) is 1.48. The van der Waals surface area contributed by atoms with Crippen LogP contribution >= 0.6 is 15.9 Å². The van der Waals surface area contributed by atoms with Gasteiger partial charge in [-0.1, -0.05) is 15.9 Å². The van der Waals surface area contributed by atoms with Gasteiger partial charge in [0.15, 0.2) is 11.6 Å². The van der Waals surface area contributed by atoms with E-state index in [2.05, 4.69) is 36.6 Å². The summed E-state index contributed by atoms with van der Waals surface area (Å²) in [5, 5.41) is 2.44. The first-order valence-electron chi connectivity index (χ1n) is 5.44. The van der Waals surface area contributed by atoms with Gasteiger partial charge in [0.1, 0.15) is 0 Å². The van der Waals surface area contributed by atoms with Crippen molar-refractivity contribution in [3.63, 3.8) is 0 Å². The van der Waals surface area contributed by atoms with Crippen LogP contribution in [0, 0.1) is 5.82 Å². The van der Waals surface area contributed by atoms with E-state index in [1.165, 1.54) is 12.1 Å². The van der Waals surface area contributed by atoms with Gasteiger partial charge in [0, 0.05) is 10.2 Å². The molecule has 0 atom stereocenters. The number of rotatable bonds is 3. The smallest absolute Gasteiger partial charge is 0.338 e. The third kappa shape index (κ3) is 3.58. The molecule has 0 fully saturated rings. The van der Waals surface area contributed by atoms with Gasteiger partial charge in [-0.15, -0.1) is 0 Å². The summed E-state index contributed by atoms with van der Waals surface area (Å²) < 4.78 is 51.7. The van der Waals surface area contributed by atoms with Gasteiger partial charge >= 0.3 is 6.18 Å². The third-order valence-corrected chi connectivity index (χ3v) is 3.10. The Balaban J connectivity index is 2.36. The molecule has 2 rings (SSSR count). The largest absolute Gasteiger partial charge is 0.417 e. The highest BCUT2D eigenvalue weighted by Crippen LogP contribution is 2.36. The molecular formula is C11H8BrF4N5. The van der Waals surface area contributed by atoms with Crippen LogP contribution < -0.4 is 16.6 Å². The van der Waals surface area contributed by atoms with Crippen LogP contribution in [0.5, 0.6) is 0 Å². The van der Waals surface area contributed by atoms with Crippen LogP contribution in [0.25, 0.3) is 0 Å². The number of hydrazine groups is 1. The maximum absolute atomic E-state index is 13.5. The molecule has 0 spiro atoms. The molecule has 1 aromatic carbocycles. The maximum atomic E-state index is 13.5. The van der Waals surface area contributed by atoms with E-state index in [1.807, 2.05) is 0 Å². The molecule has 0 radical (unpaired) electrons. The predicted octanol–water partition coefficient (Wildman–Crippen LogP) is 3.43. The van der Waals surface area contributed by atoms with Crippen molar-refractivity contribution in [1.29, 1.82) is 0 Å². The normalized spacial score (nSPS) is 11.3. The van der Waals surface area contributed by atoms with Crippen LogP contribution in [-0.4, -0.2) is 9.97 Å². The van der Waals surface area contributed by atoms with Gasteiger partial charge in [0.2, 0.25) is 5.95 Å². The number of nitrogens with zero attached hydrogens (tertiary/aromatic N) is 2. The lowest BCUT2D eigenvalue weighted by molar-refractivity contribution is -0.138. The van der Waals surface area contributed by atoms with Gasteiger partial charge in [-0.3, -0.25) is 5.43 Å². The summed E-state index contributed by atoms with van der Waals surface area (Å²) in [5.41, 5.74) is 1.24. The minimum absolute atomic E-state index is 0.0195. The molecule has 0 saturated heterocycles. The lowest BCUT2D eigenvalue weighted by Gasteiger charge is -2.12. The quantitative estimate of drug-likeness (QED) is 0.441. The van der Waals surface area contributed by atoms with E-state index in [9.17, 15) is 17.6 Å². The second kappa shape index (κ2) is 5.82. The minimum Gasteiger partial charge on any atom is -0.338 e. The molecule has 0 bridgehead atoms. The Bertz CT molecular complexity index is 662. The van der Waals surface area contributed by atoms with Gasteiger partial charge in [0.05, 0.1) is 11.8 Å². The third-order valence-electron chi connectivity index (χ3n) is 2.41. The number of hydrogen-bond donors (Lipinski definition) is 3. The summed E-state index contributed by atoms with van der Waals surface area (Å²) in [6.45, 7) is 0. The Morgan fingerprint density at radius 2 is 1.95 bits per heavy atom. The minimum atomic E-state index is -4.54. The molecule has 21 heavy (non-hydrogen) atoms. The van der Waals surface area contributed by atoms with Crippen LogP contribution in [0.4, 0.5) is 35.0 Å². The molecule has 1 aromatic heterocycles. The topological polar surface area (TPSA) is 75.9 Å². The molecule has 4 N–H and O–H groups in total. The lowest BCUT2D eigenvalue weighted by atomic mass is 10.2. The Hall–Kier alpha value is -1.94. The molecular weight excluding hydrogens is 358 g/mol. The zero-order valence-electron chi connectivity index (χ0n) is 10.2. The monoisotopic (exact) mass is 365 g/mol. The fraction of sp³-hybridized carbons (Fsp3) is 0.0909. The molecule has 5 nitrogen and oxygen atoms in total. The molecule has 0 amide bonds. The standard InChI is InChI=1S/C11H8BrF4N5/c12-7-2-1-5(3-6(7)11(14,15)16)19-9-8(13)4-18-10(20-9)21-17/h1-4H,17H2,(H2,18,19,20,21). The van der Waals surface area contributed by atoms with Crippen molar-refractivity contribution >= 4 is 33.4 Å². The first-order valence-corrected chi connectivity index (χ1v) is 6.23. The number of hydrogen-bond acceptors (Lipinski definition) is 5. The number of nitrogens with one attached hydrogen (secondary N) is 2. The Morgan fingerprint density at radius 1 is 1.24 bits per heavy atom. The van der Waals surface area contributed by atoms with Crippen LogP contribution in [0.15, 0.2) is 28.9 Å². The van der Waals surface area contributed by atoms with Crippen molar-refractivity contribution in [1.82, 2.24) is 9.97 Å². The summed E-state index contributed by atoms with van der Waals surface area (Å²) in [5.74, 6) is 3.88. The van der Waals surface area contributed by atoms with E-state index in [0.717, 1.165) is 12.3 Å². The first-order chi connectivity index (χ1) is 9.81. The van der Waals surface area contributed by atoms with Gasteiger partial charge in [-0.05, 0) is 18.2 Å². The highest BCUT2D eigenvalue weighted by Gasteiger charge is 2.33. The zero-order valence-corrected chi connectivity index (χ0v) is 11.8.